The number of amides is 1. The number of rotatable bonds is 4. The van der Waals surface area contributed by atoms with Gasteiger partial charge in [-0.3, -0.25) is 14.6 Å². The van der Waals surface area contributed by atoms with E-state index in [2.05, 4.69) is 15.0 Å². The van der Waals surface area contributed by atoms with E-state index in [1.165, 1.54) is 17.8 Å². The molecule has 1 unspecified atom stereocenters. The van der Waals surface area contributed by atoms with Crippen LogP contribution in [0.25, 0.3) is 11.2 Å². The van der Waals surface area contributed by atoms with E-state index in [1.54, 1.807) is 6.92 Å². The predicted octanol–water partition coefficient (Wildman–Crippen LogP) is -1.04. The van der Waals surface area contributed by atoms with Crippen LogP contribution in [0.15, 0.2) is 12.7 Å². The first-order valence-corrected chi connectivity index (χ1v) is 7.69. The quantitative estimate of drug-likeness (QED) is 0.398. The summed E-state index contributed by atoms with van der Waals surface area (Å²) < 4.78 is 6.88. The van der Waals surface area contributed by atoms with E-state index in [-0.39, 0.29) is 23.4 Å². The monoisotopic (exact) mass is 353 g/mol. The number of carbonyl (C=O) groups excluding carboxylic acids is 1. The summed E-state index contributed by atoms with van der Waals surface area (Å²) in [5, 5.41) is 40.3. The van der Waals surface area contributed by atoms with Crippen LogP contribution in [0.5, 0.6) is 0 Å². The molecule has 0 bridgehead atoms. The number of hydrogen-bond acceptors (Lipinski definition) is 9. The molecule has 2 aromatic rings. The molecule has 0 spiro atoms. The Hall–Kier alpha value is -2.18. The van der Waals surface area contributed by atoms with E-state index < -0.39 is 36.6 Å². The number of hydrogen-bond donors (Lipinski definition) is 4. The van der Waals surface area contributed by atoms with E-state index in [1.807, 2.05) is 0 Å². The summed E-state index contributed by atoms with van der Waals surface area (Å²) in [6.07, 6.45) is -0.897. The van der Waals surface area contributed by atoms with Gasteiger partial charge in [0.2, 0.25) is 0 Å². The maximum atomic E-state index is 11.7. The lowest BCUT2D eigenvalue weighted by Crippen LogP contribution is -2.44. The third-order valence-corrected chi connectivity index (χ3v) is 4.27. The number of nitrogens with zero attached hydrogens (tertiary/aromatic N) is 5. The Morgan fingerprint density at radius 2 is 2.16 bits per heavy atom. The third kappa shape index (κ3) is 2.65. The fraction of sp³-hybridized carbons (Fsp3) is 0.571. The van der Waals surface area contributed by atoms with Crippen molar-refractivity contribution in [1.82, 2.24) is 19.5 Å². The van der Waals surface area contributed by atoms with Crippen LogP contribution >= 0.6 is 0 Å². The number of ether oxygens (including phenoxy) is 1. The molecule has 0 saturated carbocycles. The molecule has 3 heterocycles. The Balaban J connectivity index is 2.07. The SMILES string of the molecule is CCC(=O)N(O)c1ncnc2c1ncn2C1O[C@H](CO)[C@@H](O)[C@@]1(C)O. The van der Waals surface area contributed by atoms with Crippen molar-refractivity contribution < 1.29 is 30.1 Å². The Morgan fingerprint density at radius 3 is 2.76 bits per heavy atom. The highest BCUT2D eigenvalue weighted by molar-refractivity contribution is 5.96. The van der Waals surface area contributed by atoms with Gasteiger partial charge in [-0.05, 0) is 6.92 Å². The fourth-order valence-corrected chi connectivity index (χ4v) is 2.82. The summed E-state index contributed by atoms with van der Waals surface area (Å²) >= 11 is 0. The van der Waals surface area contributed by atoms with Gasteiger partial charge in [-0.25, -0.2) is 15.0 Å². The second-order valence-electron chi connectivity index (χ2n) is 5.96. The van der Waals surface area contributed by atoms with E-state index in [9.17, 15) is 25.3 Å². The number of aliphatic hydroxyl groups is 3. The summed E-state index contributed by atoms with van der Waals surface area (Å²) in [7, 11) is 0. The van der Waals surface area contributed by atoms with Crippen LogP contribution in [-0.2, 0) is 9.53 Å². The standard InChI is InChI=1S/C14H19N5O6/c1-3-8(21)19(24)12-9-11(15-5-16-12)18(6-17-9)13-14(2,23)10(22)7(4-20)25-13/h5-7,10,13,20,22-24H,3-4H2,1-2H3/t7-,10-,13?,14-/m1/s1. The molecule has 1 aliphatic heterocycles. The van der Waals surface area contributed by atoms with Crippen LogP contribution in [0, 0.1) is 0 Å². The van der Waals surface area contributed by atoms with Gasteiger partial charge >= 0.3 is 0 Å². The average Bonchev–Trinajstić information content (AvgIpc) is 3.12. The van der Waals surface area contributed by atoms with Crippen molar-refractivity contribution in [3.8, 4) is 0 Å². The molecule has 0 radical (unpaired) electrons. The summed E-state index contributed by atoms with van der Waals surface area (Å²) in [5.41, 5.74) is -1.42. The second-order valence-corrected chi connectivity index (χ2v) is 5.96. The first-order chi connectivity index (χ1) is 11.8. The van der Waals surface area contributed by atoms with Crippen LogP contribution in [0.4, 0.5) is 5.82 Å². The van der Waals surface area contributed by atoms with Crippen molar-refractivity contribution in [3.05, 3.63) is 12.7 Å². The normalized spacial score (nSPS) is 29.3. The van der Waals surface area contributed by atoms with Gasteiger partial charge in [0.1, 0.15) is 24.1 Å². The largest absolute Gasteiger partial charge is 0.394 e. The molecular formula is C14H19N5O6. The highest BCUT2D eigenvalue weighted by Crippen LogP contribution is 2.39. The van der Waals surface area contributed by atoms with Gasteiger partial charge in [0.25, 0.3) is 5.91 Å². The van der Waals surface area contributed by atoms with E-state index in [0.29, 0.717) is 5.06 Å². The molecule has 11 heteroatoms. The third-order valence-electron chi connectivity index (χ3n) is 4.27. The maximum absolute atomic E-state index is 11.7. The van der Waals surface area contributed by atoms with Crippen LogP contribution in [0.3, 0.4) is 0 Å². The molecule has 0 aliphatic carbocycles. The van der Waals surface area contributed by atoms with Gasteiger partial charge < -0.3 is 20.1 Å². The Bertz CT molecular complexity index is 793. The Labute approximate surface area is 142 Å². The topological polar surface area (TPSA) is 154 Å². The Kier molecular flexibility index (Phi) is 4.43. The van der Waals surface area contributed by atoms with Gasteiger partial charge in [0, 0.05) is 6.42 Å². The lowest BCUT2D eigenvalue weighted by atomic mass is 9.96. The molecule has 1 saturated heterocycles. The molecule has 0 aromatic carbocycles. The average molecular weight is 353 g/mol. The van der Waals surface area contributed by atoms with E-state index in [0.717, 1.165) is 6.33 Å². The summed E-state index contributed by atoms with van der Waals surface area (Å²) in [4.78, 5) is 23.7. The second kappa shape index (κ2) is 6.28. The van der Waals surface area contributed by atoms with E-state index in [4.69, 9.17) is 4.74 Å². The molecule has 1 amide bonds. The molecule has 3 rings (SSSR count). The van der Waals surface area contributed by atoms with Crippen molar-refractivity contribution in [2.45, 2.75) is 44.3 Å². The molecular weight excluding hydrogens is 334 g/mol. The summed E-state index contributed by atoms with van der Waals surface area (Å²) in [6, 6.07) is 0. The van der Waals surface area contributed by atoms with Crippen molar-refractivity contribution in [1.29, 1.82) is 0 Å². The molecule has 11 nitrogen and oxygen atoms in total. The first kappa shape index (κ1) is 17.6. The maximum Gasteiger partial charge on any atom is 0.251 e. The van der Waals surface area contributed by atoms with Gasteiger partial charge in [-0.15, -0.1) is 0 Å². The fourth-order valence-electron chi connectivity index (χ4n) is 2.82. The van der Waals surface area contributed by atoms with Gasteiger partial charge in [0.15, 0.2) is 23.2 Å². The molecule has 136 valence electrons. The van der Waals surface area contributed by atoms with Crippen LogP contribution < -0.4 is 5.06 Å². The molecule has 1 aliphatic rings. The predicted molar refractivity (Wildman–Crippen MR) is 82.5 cm³/mol. The van der Waals surface area contributed by atoms with E-state index >= 15 is 0 Å². The van der Waals surface area contributed by atoms with Crippen LogP contribution in [0.1, 0.15) is 26.5 Å². The number of aliphatic hydroxyl groups excluding tert-OH is 2. The van der Waals surface area contributed by atoms with Gasteiger partial charge in [-0.1, -0.05) is 6.92 Å². The zero-order valence-corrected chi connectivity index (χ0v) is 13.6. The minimum absolute atomic E-state index is 0.0630. The number of carbonyl (C=O) groups is 1. The van der Waals surface area contributed by atoms with Crippen molar-refractivity contribution in [3.63, 3.8) is 0 Å². The molecule has 4 atom stereocenters. The molecule has 1 fully saturated rings. The highest BCUT2D eigenvalue weighted by atomic mass is 16.6. The summed E-state index contributed by atoms with van der Waals surface area (Å²) in [6.45, 7) is 2.48. The number of aromatic nitrogens is 4. The van der Waals surface area contributed by atoms with Gasteiger partial charge in [0.05, 0.1) is 12.9 Å². The minimum atomic E-state index is -1.72. The van der Waals surface area contributed by atoms with Crippen LogP contribution in [0.2, 0.25) is 0 Å². The number of fused-ring (bicyclic) bond motifs is 1. The van der Waals surface area contributed by atoms with Crippen molar-refractivity contribution in [2.24, 2.45) is 0 Å². The number of imidazole rings is 1. The number of anilines is 1. The number of hydroxylamine groups is 1. The zero-order valence-electron chi connectivity index (χ0n) is 13.6. The van der Waals surface area contributed by atoms with Crippen molar-refractivity contribution >= 4 is 22.9 Å². The molecule has 25 heavy (non-hydrogen) atoms. The lowest BCUT2D eigenvalue weighted by molar-refractivity contribution is -0.123. The first-order valence-electron chi connectivity index (χ1n) is 7.69. The van der Waals surface area contributed by atoms with Crippen LogP contribution in [-0.4, -0.2) is 70.4 Å². The Morgan fingerprint density at radius 1 is 1.44 bits per heavy atom. The minimum Gasteiger partial charge on any atom is -0.394 e. The molecule has 2 aromatic heterocycles. The summed E-state index contributed by atoms with van der Waals surface area (Å²) in [5.74, 6) is -0.679. The highest BCUT2D eigenvalue weighted by Gasteiger charge is 2.53. The van der Waals surface area contributed by atoms with Gasteiger partial charge in [-0.2, -0.15) is 5.06 Å². The lowest BCUT2D eigenvalue weighted by Gasteiger charge is -2.27. The van der Waals surface area contributed by atoms with Crippen molar-refractivity contribution in [2.75, 3.05) is 11.7 Å². The molecule has 4 N–H and O–H groups in total. The zero-order chi connectivity index (χ0) is 18.4. The smallest absolute Gasteiger partial charge is 0.251 e.